The number of aryl methyl sites for hydroxylation is 1. The molecule has 0 aromatic heterocycles. The lowest BCUT2D eigenvalue weighted by atomic mass is 10.1. The molecule has 0 saturated heterocycles. The van der Waals surface area contributed by atoms with Gasteiger partial charge in [-0.15, -0.1) is 0 Å². The van der Waals surface area contributed by atoms with Crippen LogP contribution >= 0.6 is 0 Å². The van der Waals surface area contributed by atoms with Crippen molar-refractivity contribution in [1.29, 1.82) is 0 Å². The zero-order valence-electron chi connectivity index (χ0n) is 11.1. The molecule has 90 valence electrons. The molecule has 0 heterocycles. The summed E-state index contributed by atoms with van der Waals surface area (Å²) in [5.74, 6) is 0. The summed E-state index contributed by atoms with van der Waals surface area (Å²) in [5.41, 5.74) is 2.88. The molecule has 1 rings (SSSR count). The second kappa shape index (κ2) is 6.66. The van der Waals surface area contributed by atoms with E-state index in [1.54, 1.807) is 4.90 Å². The van der Waals surface area contributed by atoms with Crippen molar-refractivity contribution in [3.63, 3.8) is 0 Å². The molecule has 2 N–H and O–H groups in total. The van der Waals surface area contributed by atoms with Gasteiger partial charge in [0.15, 0.2) is 0 Å². The van der Waals surface area contributed by atoms with Gasteiger partial charge in [-0.25, -0.2) is 0 Å². The van der Waals surface area contributed by atoms with Crippen LogP contribution in [-0.2, 0) is 13.0 Å². The highest BCUT2D eigenvalue weighted by atomic mass is 15.1. The quantitative estimate of drug-likeness (QED) is 0.637. The fraction of sp³-hybridized carbons (Fsp3) is 0.571. The van der Waals surface area contributed by atoms with Gasteiger partial charge in [0.2, 0.25) is 0 Å². The Morgan fingerprint density at radius 3 is 1.94 bits per heavy atom. The Bertz CT molecular complexity index is 290. The Hall–Kier alpha value is -0.860. The topological polar surface area (TPSA) is 8.88 Å². The van der Waals surface area contributed by atoms with Crippen molar-refractivity contribution in [1.82, 2.24) is 0 Å². The number of quaternary nitrogens is 2. The molecular weight excluding hydrogens is 196 g/mol. The fourth-order valence-electron chi connectivity index (χ4n) is 1.79. The number of likely N-dealkylation sites (N-methyl/N-ethyl adjacent to an activating group) is 2. The van der Waals surface area contributed by atoms with Crippen LogP contribution in [0.4, 0.5) is 0 Å². The zero-order valence-corrected chi connectivity index (χ0v) is 11.1. The molecule has 0 aliphatic carbocycles. The average Bonchev–Trinajstić information content (AvgIpc) is 2.27. The fourth-order valence-corrected chi connectivity index (χ4v) is 1.79. The minimum Gasteiger partial charge on any atom is -0.335 e. The number of rotatable bonds is 6. The van der Waals surface area contributed by atoms with E-state index in [2.05, 4.69) is 52.3 Å². The Morgan fingerprint density at radius 2 is 1.44 bits per heavy atom. The molecule has 1 unspecified atom stereocenters. The van der Waals surface area contributed by atoms with Crippen molar-refractivity contribution in [2.45, 2.75) is 19.9 Å². The highest BCUT2D eigenvalue weighted by Gasteiger charge is 2.05. The molecule has 0 spiro atoms. The maximum atomic E-state index is 2.27. The first kappa shape index (κ1) is 13.2. The third-order valence-electron chi connectivity index (χ3n) is 2.99. The molecule has 0 amide bonds. The summed E-state index contributed by atoms with van der Waals surface area (Å²) in [4.78, 5) is 3.12. The van der Waals surface area contributed by atoms with Crippen LogP contribution in [0, 0.1) is 0 Å². The molecule has 1 aromatic carbocycles. The van der Waals surface area contributed by atoms with Gasteiger partial charge in [-0.2, -0.15) is 0 Å². The first-order valence-corrected chi connectivity index (χ1v) is 6.30. The zero-order chi connectivity index (χ0) is 12.0. The molecular formula is C14H26N2+2. The van der Waals surface area contributed by atoms with Gasteiger partial charge < -0.3 is 9.80 Å². The van der Waals surface area contributed by atoms with Gasteiger partial charge in [-0.05, 0) is 12.0 Å². The molecule has 16 heavy (non-hydrogen) atoms. The van der Waals surface area contributed by atoms with E-state index in [0.29, 0.717) is 0 Å². The molecule has 0 aliphatic heterocycles. The number of hydrogen-bond donors (Lipinski definition) is 2. The van der Waals surface area contributed by atoms with Gasteiger partial charge in [-0.3, -0.25) is 0 Å². The SMILES string of the molecule is CCc1ccc(C[NH+](C)CC[NH+](C)C)cc1. The van der Waals surface area contributed by atoms with E-state index in [1.807, 2.05) is 0 Å². The number of hydrogen-bond acceptors (Lipinski definition) is 0. The summed E-state index contributed by atoms with van der Waals surface area (Å²) in [5, 5.41) is 0. The second-order valence-corrected chi connectivity index (χ2v) is 5.01. The molecule has 0 aliphatic rings. The first-order chi connectivity index (χ1) is 7.61. The Labute approximate surface area is 99.9 Å². The lowest BCUT2D eigenvalue weighted by molar-refractivity contribution is -0.937. The second-order valence-electron chi connectivity index (χ2n) is 5.01. The summed E-state index contributed by atoms with van der Waals surface area (Å²) in [6, 6.07) is 9.04. The van der Waals surface area contributed by atoms with E-state index in [9.17, 15) is 0 Å². The van der Waals surface area contributed by atoms with Gasteiger partial charge in [-0.1, -0.05) is 31.2 Å². The minimum atomic E-state index is 1.13. The first-order valence-electron chi connectivity index (χ1n) is 6.30. The van der Waals surface area contributed by atoms with Gasteiger partial charge in [0.1, 0.15) is 19.6 Å². The third kappa shape index (κ3) is 4.77. The van der Waals surface area contributed by atoms with Gasteiger partial charge in [0, 0.05) is 5.56 Å². The largest absolute Gasteiger partial charge is 0.335 e. The summed E-state index contributed by atoms with van der Waals surface area (Å²) in [6.07, 6.45) is 1.13. The summed E-state index contributed by atoms with van der Waals surface area (Å²) < 4.78 is 0. The van der Waals surface area contributed by atoms with Crippen molar-refractivity contribution in [2.24, 2.45) is 0 Å². The van der Waals surface area contributed by atoms with Gasteiger partial charge in [0.05, 0.1) is 21.1 Å². The van der Waals surface area contributed by atoms with E-state index in [4.69, 9.17) is 0 Å². The molecule has 0 fully saturated rings. The Kier molecular flexibility index (Phi) is 5.50. The van der Waals surface area contributed by atoms with Crippen molar-refractivity contribution < 1.29 is 9.80 Å². The lowest BCUT2D eigenvalue weighted by Crippen LogP contribution is -3.15. The average molecular weight is 222 g/mol. The number of benzene rings is 1. The minimum absolute atomic E-state index is 1.13. The molecule has 1 atom stereocenters. The molecule has 0 radical (unpaired) electrons. The van der Waals surface area contributed by atoms with Crippen LogP contribution in [0.3, 0.4) is 0 Å². The Balaban J connectivity index is 2.40. The van der Waals surface area contributed by atoms with E-state index < -0.39 is 0 Å². The molecule has 0 bridgehead atoms. The van der Waals surface area contributed by atoms with Crippen LogP contribution in [0.25, 0.3) is 0 Å². The monoisotopic (exact) mass is 222 g/mol. The predicted octanol–water partition coefficient (Wildman–Crippen LogP) is -0.592. The standard InChI is InChI=1S/C14H24N2/c1-5-13-6-8-14(9-7-13)12-16(4)11-10-15(2)3/h6-9H,5,10-12H2,1-4H3/p+2. The maximum Gasteiger partial charge on any atom is 0.127 e. The lowest BCUT2D eigenvalue weighted by Gasteiger charge is -2.15. The third-order valence-corrected chi connectivity index (χ3v) is 2.99. The van der Waals surface area contributed by atoms with Crippen LogP contribution in [0.5, 0.6) is 0 Å². The van der Waals surface area contributed by atoms with E-state index >= 15 is 0 Å². The molecule has 2 heteroatoms. The highest BCUT2D eigenvalue weighted by Crippen LogP contribution is 2.03. The van der Waals surface area contributed by atoms with Crippen molar-refractivity contribution in [3.05, 3.63) is 35.4 Å². The van der Waals surface area contributed by atoms with Crippen LogP contribution in [0.2, 0.25) is 0 Å². The van der Waals surface area contributed by atoms with Crippen LogP contribution < -0.4 is 9.80 Å². The smallest absolute Gasteiger partial charge is 0.127 e. The highest BCUT2D eigenvalue weighted by molar-refractivity contribution is 5.21. The van der Waals surface area contributed by atoms with E-state index in [1.165, 1.54) is 29.1 Å². The summed E-state index contributed by atoms with van der Waals surface area (Å²) >= 11 is 0. The predicted molar refractivity (Wildman–Crippen MR) is 69.0 cm³/mol. The van der Waals surface area contributed by atoms with Gasteiger partial charge >= 0.3 is 0 Å². The van der Waals surface area contributed by atoms with Crippen molar-refractivity contribution >= 4 is 0 Å². The molecule has 0 saturated carbocycles. The number of nitrogens with one attached hydrogen (secondary N) is 2. The summed E-state index contributed by atoms with van der Waals surface area (Å²) in [7, 11) is 6.70. The Morgan fingerprint density at radius 1 is 0.875 bits per heavy atom. The van der Waals surface area contributed by atoms with E-state index in [-0.39, 0.29) is 0 Å². The van der Waals surface area contributed by atoms with Crippen LogP contribution in [0.1, 0.15) is 18.1 Å². The van der Waals surface area contributed by atoms with E-state index in [0.717, 1.165) is 13.0 Å². The van der Waals surface area contributed by atoms with Gasteiger partial charge in [0.25, 0.3) is 0 Å². The van der Waals surface area contributed by atoms with Crippen molar-refractivity contribution in [3.8, 4) is 0 Å². The van der Waals surface area contributed by atoms with Crippen LogP contribution in [-0.4, -0.2) is 34.2 Å². The molecule has 1 aromatic rings. The molecule has 2 nitrogen and oxygen atoms in total. The maximum absolute atomic E-state index is 2.27. The normalized spacial score (nSPS) is 13.1. The summed E-state index contributed by atoms with van der Waals surface area (Å²) in [6.45, 7) is 5.81. The van der Waals surface area contributed by atoms with Crippen molar-refractivity contribution in [2.75, 3.05) is 34.2 Å². The van der Waals surface area contributed by atoms with Crippen LogP contribution in [0.15, 0.2) is 24.3 Å².